The van der Waals surface area contributed by atoms with E-state index in [1.807, 2.05) is 0 Å². The number of carbonyl (C=O) groups is 2. The van der Waals surface area contributed by atoms with Crippen LogP contribution < -0.4 is 10.6 Å². The Kier molecular flexibility index (Phi) is 6.50. The maximum Gasteiger partial charge on any atom is 0.165 e. The van der Waals surface area contributed by atoms with Crippen LogP contribution in [0.4, 0.5) is 5.69 Å². The van der Waals surface area contributed by atoms with Gasteiger partial charge in [0.05, 0.1) is 5.70 Å². The molecular formula is C16H22N2O2. The molecule has 0 amide bonds. The number of hydrogen-bond donors (Lipinski definition) is 1. The molecule has 0 bridgehead atoms. The Bertz CT molecular complexity index is 495. The lowest BCUT2D eigenvalue weighted by Gasteiger charge is -2.27. The molecule has 108 valence electrons. The van der Waals surface area contributed by atoms with Gasteiger partial charge in [0.1, 0.15) is 6.29 Å². The van der Waals surface area contributed by atoms with E-state index in [2.05, 4.69) is 37.1 Å². The van der Waals surface area contributed by atoms with Gasteiger partial charge in [0.15, 0.2) is 6.29 Å². The van der Waals surface area contributed by atoms with Crippen molar-refractivity contribution in [1.29, 1.82) is 0 Å². The molecule has 0 aromatic heterocycles. The molecule has 4 heteroatoms. The average molecular weight is 274 g/mol. The van der Waals surface area contributed by atoms with Gasteiger partial charge >= 0.3 is 0 Å². The van der Waals surface area contributed by atoms with Crippen molar-refractivity contribution in [2.24, 2.45) is 5.73 Å². The van der Waals surface area contributed by atoms with Crippen molar-refractivity contribution < 1.29 is 9.59 Å². The van der Waals surface area contributed by atoms with Crippen LogP contribution in [-0.4, -0.2) is 26.2 Å². The smallest absolute Gasteiger partial charge is 0.165 e. The van der Waals surface area contributed by atoms with Crippen molar-refractivity contribution in [2.45, 2.75) is 26.2 Å². The summed E-state index contributed by atoms with van der Waals surface area (Å²) in [6.45, 7) is 3.42. The van der Waals surface area contributed by atoms with Crippen molar-refractivity contribution >= 4 is 18.3 Å². The molecule has 4 nitrogen and oxygen atoms in total. The van der Waals surface area contributed by atoms with Crippen LogP contribution in [0.5, 0.6) is 0 Å². The van der Waals surface area contributed by atoms with Gasteiger partial charge in [-0.1, -0.05) is 19.1 Å². The van der Waals surface area contributed by atoms with E-state index in [0.717, 1.165) is 12.5 Å². The summed E-state index contributed by atoms with van der Waals surface area (Å²) in [4.78, 5) is 21.4. The zero-order valence-corrected chi connectivity index (χ0v) is 12.1. The topological polar surface area (TPSA) is 63.4 Å². The Morgan fingerprint density at radius 2 is 2.15 bits per heavy atom. The quantitative estimate of drug-likeness (QED) is 0.675. The van der Waals surface area contributed by atoms with Crippen molar-refractivity contribution in [2.75, 3.05) is 18.5 Å². The Morgan fingerprint density at radius 3 is 2.70 bits per heavy atom. The number of aldehydes is 2. The molecule has 0 atom stereocenters. The van der Waals surface area contributed by atoms with Crippen LogP contribution >= 0.6 is 0 Å². The molecule has 2 rings (SSSR count). The lowest BCUT2D eigenvalue weighted by molar-refractivity contribution is -0.106. The largest absolute Gasteiger partial charge is 0.396 e. The van der Waals surface area contributed by atoms with E-state index in [0.29, 0.717) is 12.6 Å². The number of benzene rings is 1. The van der Waals surface area contributed by atoms with Gasteiger partial charge in [-0.15, -0.1) is 0 Å². The van der Waals surface area contributed by atoms with Crippen molar-refractivity contribution in [3.8, 4) is 0 Å². The molecule has 0 saturated carbocycles. The highest BCUT2D eigenvalue weighted by Gasteiger charge is 2.12. The van der Waals surface area contributed by atoms with E-state index in [9.17, 15) is 9.59 Å². The Hall–Kier alpha value is -2.10. The SMILES string of the molecule is CCc1ccc2c(c1)N(C)CCC2.N/C(C=O)=C/C=O. The second-order valence-electron chi connectivity index (χ2n) is 4.76. The lowest BCUT2D eigenvalue weighted by Crippen LogP contribution is -2.24. The molecule has 0 saturated heterocycles. The number of carbonyl (C=O) groups excluding carboxylic acids is 2. The first-order chi connectivity index (χ1) is 9.62. The number of nitrogens with zero attached hydrogens (tertiary/aromatic N) is 1. The fourth-order valence-electron chi connectivity index (χ4n) is 2.14. The summed E-state index contributed by atoms with van der Waals surface area (Å²) in [5.74, 6) is 0. The van der Waals surface area contributed by atoms with Gasteiger partial charge < -0.3 is 10.6 Å². The van der Waals surface area contributed by atoms with Gasteiger partial charge in [0.2, 0.25) is 0 Å². The predicted octanol–water partition coefficient (Wildman–Crippen LogP) is 1.86. The van der Waals surface area contributed by atoms with Crippen LogP contribution in [-0.2, 0) is 22.4 Å². The van der Waals surface area contributed by atoms with E-state index in [1.54, 1.807) is 0 Å². The molecule has 1 aromatic carbocycles. The maximum absolute atomic E-state index is 9.54. The van der Waals surface area contributed by atoms with Gasteiger partial charge in [-0.3, -0.25) is 9.59 Å². The van der Waals surface area contributed by atoms with Crippen molar-refractivity contribution in [3.05, 3.63) is 41.1 Å². The fourth-order valence-corrected chi connectivity index (χ4v) is 2.14. The number of aryl methyl sites for hydroxylation is 2. The zero-order chi connectivity index (χ0) is 15.0. The molecule has 1 heterocycles. The van der Waals surface area contributed by atoms with E-state index in [4.69, 9.17) is 5.73 Å². The second kappa shape index (κ2) is 8.15. The predicted molar refractivity (Wildman–Crippen MR) is 81.8 cm³/mol. The summed E-state index contributed by atoms with van der Waals surface area (Å²) < 4.78 is 0. The Balaban J connectivity index is 0.000000246. The third-order valence-corrected chi connectivity index (χ3v) is 3.31. The van der Waals surface area contributed by atoms with E-state index >= 15 is 0 Å². The number of allylic oxidation sites excluding steroid dienone is 2. The molecule has 0 fully saturated rings. The van der Waals surface area contributed by atoms with E-state index < -0.39 is 0 Å². The first-order valence-electron chi connectivity index (χ1n) is 6.81. The molecule has 2 N–H and O–H groups in total. The molecule has 20 heavy (non-hydrogen) atoms. The van der Waals surface area contributed by atoms with E-state index in [-0.39, 0.29) is 5.70 Å². The number of fused-ring (bicyclic) bond motifs is 1. The monoisotopic (exact) mass is 274 g/mol. The summed E-state index contributed by atoms with van der Waals surface area (Å²) in [7, 11) is 2.19. The number of hydrogen-bond acceptors (Lipinski definition) is 4. The molecule has 0 spiro atoms. The van der Waals surface area contributed by atoms with Gasteiger partial charge in [-0.05, 0) is 36.5 Å². The minimum Gasteiger partial charge on any atom is -0.396 e. The lowest BCUT2D eigenvalue weighted by atomic mass is 9.99. The normalized spacial score (nSPS) is 13.9. The average Bonchev–Trinajstić information content (AvgIpc) is 2.48. The maximum atomic E-state index is 9.54. The minimum absolute atomic E-state index is 0.0463. The van der Waals surface area contributed by atoms with Gasteiger partial charge in [0.25, 0.3) is 0 Å². The molecule has 1 aliphatic rings. The first-order valence-corrected chi connectivity index (χ1v) is 6.81. The summed E-state index contributed by atoms with van der Waals surface area (Å²) in [5, 5.41) is 0. The van der Waals surface area contributed by atoms with Crippen LogP contribution in [0.3, 0.4) is 0 Å². The van der Waals surface area contributed by atoms with Crippen LogP contribution in [0.1, 0.15) is 24.5 Å². The van der Waals surface area contributed by atoms with Gasteiger partial charge in [-0.25, -0.2) is 0 Å². The van der Waals surface area contributed by atoms with Crippen molar-refractivity contribution in [1.82, 2.24) is 0 Å². The third-order valence-electron chi connectivity index (χ3n) is 3.31. The van der Waals surface area contributed by atoms with Crippen LogP contribution in [0.2, 0.25) is 0 Å². The second-order valence-corrected chi connectivity index (χ2v) is 4.76. The summed E-state index contributed by atoms with van der Waals surface area (Å²) in [6.07, 6.45) is 5.56. The molecular weight excluding hydrogens is 252 g/mol. The molecule has 1 aliphatic heterocycles. The summed E-state index contributed by atoms with van der Waals surface area (Å²) in [6, 6.07) is 6.90. The van der Waals surface area contributed by atoms with Gasteiger partial charge in [0, 0.05) is 25.4 Å². The molecule has 0 unspecified atom stereocenters. The van der Waals surface area contributed by atoms with Crippen LogP contribution in [0, 0.1) is 0 Å². The molecule has 0 radical (unpaired) electrons. The molecule has 0 aliphatic carbocycles. The number of anilines is 1. The Morgan fingerprint density at radius 1 is 1.40 bits per heavy atom. The summed E-state index contributed by atoms with van der Waals surface area (Å²) in [5.41, 5.74) is 9.22. The standard InChI is InChI=1S/C12H17N.C4H5NO2/c1-3-10-6-7-11-5-4-8-13(2)12(11)9-10;5-4(3-7)1-2-6/h6-7,9H,3-5,8H2,1-2H3;1-3H,5H2/b;4-1+. The van der Waals surface area contributed by atoms with E-state index in [1.165, 1.54) is 36.2 Å². The molecule has 1 aromatic rings. The number of nitrogens with two attached hydrogens (primary N) is 1. The minimum atomic E-state index is -0.0463. The van der Waals surface area contributed by atoms with Gasteiger partial charge in [-0.2, -0.15) is 0 Å². The van der Waals surface area contributed by atoms with Crippen LogP contribution in [0.15, 0.2) is 30.0 Å². The highest BCUT2D eigenvalue weighted by atomic mass is 16.1. The Labute approximate surface area is 120 Å². The third kappa shape index (κ3) is 4.53. The summed E-state index contributed by atoms with van der Waals surface area (Å²) >= 11 is 0. The highest BCUT2D eigenvalue weighted by Crippen LogP contribution is 2.26. The highest BCUT2D eigenvalue weighted by molar-refractivity contribution is 5.80. The number of rotatable bonds is 3. The zero-order valence-electron chi connectivity index (χ0n) is 12.1. The first kappa shape index (κ1) is 16.0. The van der Waals surface area contributed by atoms with Crippen LogP contribution in [0.25, 0.3) is 0 Å². The van der Waals surface area contributed by atoms with Crippen molar-refractivity contribution in [3.63, 3.8) is 0 Å². The fraction of sp³-hybridized carbons (Fsp3) is 0.375.